The van der Waals surface area contributed by atoms with Crippen molar-refractivity contribution in [3.63, 3.8) is 0 Å². The molecule has 0 spiro atoms. The molecule has 2 heterocycles. The van der Waals surface area contributed by atoms with Gasteiger partial charge < -0.3 is 10.2 Å². The summed E-state index contributed by atoms with van der Waals surface area (Å²) in [5.74, 6) is -0.866. The zero-order valence-electron chi connectivity index (χ0n) is 15.0. The topological polar surface area (TPSA) is 69.7 Å². The molecule has 3 rings (SSSR count). The fraction of sp³-hybridized carbons (Fsp3) is 0.611. The van der Waals surface area contributed by atoms with Crippen LogP contribution in [0.2, 0.25) is 0 Å². The van der Waals surface area contributed by atoms with Crippen molar-refractivity contribution >= 4 is 15.9 Å². The van der Waals surface area contributed by atoms with Crippen molar-refractivity contribution in [2.45, 2.75) is 36.6 Å². The van der Waals surface area contributed by atoms with Crippen molar-refractivity contribution in [3.8, 4) is 0 Å². The number of nitrogens with one attached hydrogen (secondary N) is 1. The van der Waals surface area contributed by atoms with E-state index in [4.69, 9.17) is 0 Å². The van der Waals surface area contributed by atoms with Gasteiger partial charge in [-0.05, 0) is 70.1 Å². The number of piperidine rings is 2. The summed E-state index contributed by atoms with van der Waals surface area (Å²) in [4.78, 5) is 14.9. The Morgan fingerprint density at radius 1 is 1.12 bits per heavy atom. The van der Waals surface area contributed by atoms with E-state index >= 15 is 0 Å². The summed E-state index contributed by atoms with van der Waals surface area (Å²) in [7, 11) is -1.64. The molecule has 1 aromatic rings. The highest BCUT2D eigenvalue weighted by Crippen LogP contribution is 2.24. The van der Waals surface area contributed by atoms with Gasteiger partial charge in [-0.25, -0.2) is 12.8 Å². The van der Waals surface area contributed by atoms with Crippen LogP contribution in [0, 0.1) is 11.7 Å². The van der Waals surface area contributed by atoms with Crippen molar-refractivity contribution < 1.29 is 17.6 Å². The number of hydrogen-bond donors (Lipinski definition) is 1. The van der Waals surface area contributed by atoms with Crippen LogP contribution in [0.25, 0.3) is 0 Å². The molecule has 2 saturated heterocycles. The van der Waals surface area contributed by atoms with Gasteiger partial charge in [0.1, 0.15) is 5.82 Å². The predicted octanol–water partition coefficient (Wildman–Crippen LogP) is 1.44. The van der Waals surface area contributed by atoms with Gasteiger partial charge in [0.05, 0.1) is 10.8 Å². The largest absolute Gasteiger partial charge is 0.353 e. The number of amides is 1. The highest BCUT2D eigenvalue weighted by Gasteiger charge is 2.34. The van der Waals surface area contributed by atoms with Crippen LogP contribution in [-0.2, 0) is 14.8 Å². The molecule has 6 nitrogen and oxygen atoms in total. The van der Waals surface area contributed by atoms with Crippen LogP contribution in [0.1, 0.15) is 25.7 Å². The summed E-state index contributed by atoms with van der Waals surface area (Å²) >= 11 is 0. The van der Waals surface area contributed by atoms with E-state index in [0.29, 0.717) is 19.4 Å². The molecule has 2 aliphatic heterocycles. The third kappa shape index (κ3) is 4.42. The maximum atomic E-state index is 13.1. The van der Waals surface area contributed by atoms with Crippen LogP contribution in [0.5, 0.6) is 0 Å². The van der Waals surface area contributed by atoms with Crippen LogP contribution in [0.15, 0.2) is 29.2 Å². The molecule has 1 atom stereocenters. The van der Waals surface area contributed by atoms with Crippen molar-refractivity contribution in [2.24, 2.45) is 5.92 Å². The molecule has 0 aromatic heterocycles. The Labute approximate surface area is 154 Å². The van der Waals surface area contributed by atoms with Crippen LogP contribution in [0.4, 0.5) is 4.39 Å². The lowest BCUT2D eigenvalue weighted by atomic mass is 9.97. The number of benzene rings is 1. The van der Waals surface area contributed by atoms with Gasteiger partial charge in [-0.3, -0.25) is 4.79 Å². The molecule has 0 aliphatic carbocycles. The van der Waals surface area contributed by atoms with Crippen LogP contribution < -0.4 is 5.32 Å². The summed E-state index contributed by atoms with van der Waals surface area (Å²) in [5.41, 5.74) is 0. The van der Waals surface area contributed by atoms with Crippen LogP contribution in [-0.4, -0.2) is 62.8 Å². The Hall–Kier alpha value is -1.51. The second kappa shape index (κ2) is 8.02. The molecule has 0 radical (unpaired) electrons. The summed E-state index contributed by atoms with van der Waals surface area (Å²) in [6, 6.07) is 4.99. The van der Waals surface area contributed by atoms with Gasteiger partial charge in [-0.2, -0.15) is 4.31 Å². The number of carbonyl (C=O) groups is 1. The highest BCUT2D eigenvalue weighted by atomic mass is 32.2. The van der Waals surface area contributed by atoms with Gasteiger partial charge in [0.25, 0.3) is 0 Å². The summed E-state index contributed by atoms with van der Waals surface area (Å²) in [6.45, 7) is 2.48. The van der Waals surface area contributed by atoms with Crippen molar-refractivity contribution in [2.75, 3.05) is 33.2 Å². The van der Waals surface area contributed by atoms with Crippen LogP contribution >= 0.6 is 0 Å². The second-order valence-corrected chi connectivity index (χ2v) is 9.18. The van der Waals surface area contributed by atoms with Gasteiger partial charge in [-0.15, -0.1) is 0 Å². The zero-order chi connectivity index (χ0) is 18.7. The SMILES string of the molecule is CN1CCC(NC(=O)C2CCCN(S(=O)(=O)c3ccc(F)cc3)C2)CC1. The van der Waals surface area contributed by atoms with Gasteiger partial charge in [0, 0.05) is 19.1 Å². The average molecular weight is 383 g/mol. The first-order chi connectivity index (χ1) is 12.4. The van der Waals surface area contributed by atoms with Gasteiger partial charge in [0.2, 0.25) is 15.9 Å². The van der Waals surface area contributed by atoms with Crippen molar-refractivity contribution in [3.05, 3.63) is 30.1 Å². The molecule has 26 heavy (non-hydrogen) atoms. The maximum absolute atomic E-state index is 13.1. The molecule has 1 N–H and O–H groups in total. The number of nitrogens with zero attached hydrogens (tertiary/aromatic N) is 2. The molecule has 0 bridgehead atoms. The lowest BCUT2D eigenvalue weighted by Gasteiger charge is -2.34. The van der Waals surface area contributed by atoms with E-state index in [1.807, 2.05) is 0 Å². The molecule has 0 saturated carbocycles. The lowest BCUT2D eigenvalue weighted by Crippen LogP contribution is -2.49. The number of sulfonamides is 1. The average Bonchev–Trinajstić information content (AvgIpc) is 2.64. The predicted molar refractivity (Wildman–Crippen MR) is 96.5 cm³/mol. The first kappa shape index (κ1) is 19.3. The first-order valence-corrected chi connectivity index (χ1v) is 10.5. The fourth-order valence-electron chi connectivity index (χ4n) is 3.60. The van der Waals surface area contributed by atoms with Crippen LogP contribution in [0.3, 0.4) is 0 Å². The van der Waals surface area contributed by atoms with E-state index in [9.17, 15) is 17.6 Å². The number of likely N-dealkylation sites (tertiary alicyclic amines) is 1. The third-order valence-electron chi connectivity index (χ3n) is 5.27. The summed E-state index contributed by atoms with van der Waals surface area (Å²) in [6.07, 6.45) is 3.18. The molecule has 1 aromatic carbocycles. The zero-order valence-corrected chi connectivity index (χ0v) is 15.8. The van der Waals surface area contributed by atoms with E-state index in [0.717, 1.165) is 38.1 Å². The molecule has 2 aliphatic rings. The normalized spacial score (nSPS) is 23.7. The van der Waals surface area contributed by atoms with E-state index < -0.39 is 15.8 Å². The van der Waals surface area contributed by atoms with E-state index in [-0.39, 0.29) is 29.3 Å². The minimum atomic E-state index is -3.71. The van der Waals surface area contributed by atoms with Gasteiger partial charge in [0.15, 0.2) is 0 Å². The Kier molecular flexibility index (Phi) is 5.94. The standard InChI is InChI=1S/C18H26FN3O3S/c1-21-11-8-16(9-12-21)20-18(23)14-3-2-10-22(13-14)26(24,25)17-6-4-15(19)5-7-17/h4-7,14,16H,2-3,8-13H2,1H3,(H,20,23). The first-order valence-electron chi connectivity index (χ1n) is 9.11. The molecule has 144 valence electrons. The number of carbonyl (C=O) groups excluding carboxylic acids is 1. The molecular formula is C18H26FN3O3S. The maximum Gasteiger partial charge on any atom is 0.243 e. The summed E-state index contributed by atoms with van der Waals surface area (Å²) in [5, 5.41) is 3.09. The van der Waals surface area contributed by atoms with Crippen molar-refractivity contribution in [1.29, 1.82) is 0 Å². The lowest BCUT2D eigenvalue weighted by molar-refractivity contribution is -0.127. The van der Waals surface area contributed by atoms with E-state index in [2.05, 4.69) is 17.3 Å². The molecule has 2 fully saturated rings. The number of halogens is 1. The van der Waals surface area contributed by atoms with Crippen molar-refractivity contribution in [1.82, 2.24) is 14.5 Å². The van der Waals surface area contributed by atoms with E-state index in [1.54, 1.807) is 0 Å². The second-order valence-electron chi connectivity index (χ2n) is 7.24. The Balaban J connectivity index is 1.63. The quantitative estimate of drug-likeness (QED) is 0.854. The van der Waals surface area contributed by atoms with Gasteiger partial charge in [-0.1, -0.05) is 0 Å². The highest BCUT2D eigenvalue weighted by molar-refractivity contribution is 7.89. The molecule has 1 unspecified atom stereocenters. The molecule has 1 amide bonds. The fourth-order valence-corrected chi connectivity index (χ4v) is 5.13. The minimum absolute atomic E-state index is 0.0569. The van der Waals surface area contributed by atoms with Gasteiger partial charge >= 0.3 is 0 Å². The molecule has 8 heteroatoms. The Bertz CT molecular complexity index is 731. The number of rotatable bonds is 4. The molecular weight excluding hydrogens is 357 g/mol. The monoisotopic (exact) mass is 383 g/mol. The van der Waals surface area contributed by atoms with E-state index in [1.165, 1.54) is 16.4 Å². The Morgan fingerprint density at radius 3 is 2.42 bits per heavy atom. The third-order valence-corrected chi connectivity index (χ3v) is 7.15. The minimum Gasteiger partial charge on any atom is -0.353 e. The smallest absolute Gasteiger partial charge is 0.243 e. The summed E-state index contributed by atoms with van der Waals surface area (Å²) < 4.78 is 39.9. The Morgan fingerprint density at radius 2 is 1.77 bits per heavy atom. The number of hydrogen-bond acceptors (Lipinski definition) is 4.